The van der Waals surface area contributed by atoms with Gasteiger partial charge in [0, 0.05) is 12.6 Å². The van der Waals surface area contributed by atoms with Crippen molar-refractivity contribution in [3.8, 4) is 5.75 Å². The molecule has 2 N–H and O–H groups in total. The molecule has 142 valence electrons. The Morgan fingerprint density at radius 3 is 2.61 bits per heavy atom. The zero-order valence-corrected chi connectivity index (χ0v) is 15.4. The van der Waals surface area contributed by atoms with Gasteiger partial charge in [-0.2, -0.15) is 10.1 Å². The van der Waals surface area contributed by atoms with E-state index in [1.54, 1.807) is 31.2 Å². The number of fused-ring (bicyclic) bond motifs is 1. The van der Waals surface area contributed by atoms with E-state index in [1.165, 1.54) is 6.33 Å². The third-order valence-electron chi connectivity index (χ3n) is 4.98. The lowest BCUT2D eigenvalue weighted by molar-refractivity contribution is -0.119. The number of aromatic amines is 1. The molecule has 0 radical (unpaired) electrons. The zero-order valence-electron chi connectivity index (χ0n) is 15.4. The Hall–Kier alpha value is -3.68. The molecule has 2 atom stereocenters. The molecule has 3 aromatic rings. The molecule has 2 amide bonds. The fourth-order valence-corrected chi connectivity index (χ4v) is 3.63. The number of rotatable bonds is 4. The number of carbonyl (C=O) groups is 2. The normalized spacial score (nSPS) is 18.5. The maximum atomic E-state index is 13.2. The molecule has 0 unspecified atom stereocenters. The molecule has 0 saturated carbocycles. The van der Waals surface area contributed by atoms with Crippen LogP contribution in [0.1, 0.15) is 33.4 Å². The molecule has 28 heavy (non-hydrogen) atoms. The van der Waals surface area contributed by atoms with Crippen LogP contribution in [-0.2, 0) is 4.79 Å². The van der Waals surface area contributed by atoms with Crippen LogP contribution in [0.5, 0.6) is 5.75 Å². The molecule has 0 saturated heterocycles. The van der Waals surface area contributed by atoms with E-state index >= 15 is 0 Å². The minimum atomic E-state index is -0.614. The minimum absolute atomic E-state index is 0.125. The number of likely N-dealkylation sites (N-methyl/N-ethyl adjacent to an activating group) is 1. The van der Waals surface area contributed by atoms with Gasteiger partial charge in [-0.1, -0.05) is 30.3 Å². The first-order valence-electron chi connectivity index (χ1n) is 8.76. The fourth-order valence-electron chi connectivity index (χ4n) is 3.63. The van der Waals surface area contributed by atoms with Crippen molar-refractivity contribution < 1.29 is 14.3 Å². The van der Waals surface area contributed by atoms with Crippen LogP contribution in [0.4, 0.5) is 5.95 Å². The highest BCUT2D eigenvalue weighted by Gasteiger charge is 2.42. The van der Waals surface area contributed by atoms with Gasteiger partial charge < -0.3 is 9.64 Å². The summed E-state index contributed by atoms with van der Waals surface area (Å²) in [5.41, 5.74) is 2.04. The second-order valence-electron chi connectivity index (χ2n) is 6.52. The SMILES string of the molecule is COc1ccc([C@H]2[C@H](C(=O)Nc3ncn[nH]3)c3ccccc3C(=O)N2C)cc1. The number of nitrogens with one attached hydrogen (secondary N) is 2. The average Bonchev–Trinajstić information content (AvgIpc) is 3.23. The Balaban J connectivity index is 1.80. The first-order chi connectivity index (χ1) is 13.6. The van der Waals surface area contributed by atoms with Gasteiger partial charge in [-0.15, -0.1) is 0 Å². The lowest BCUT2D eigenvalue weighted by Gasteiger charge is -2.39. The van der Waals surface area contributed by atoms with Crippen LogP contribution in [0, 0.1) is 0 Å². The Labute approximate surface area is 161 Å². The molecule has 1 aromatic heterocycles. The van der Waals surface area contributed by atoms with Crippen LogP contribution in [0.2, 0.25) is 0 Å². The van der Waals surface area contributed by atoms with Gasteiger partial charge in [-0.3, -0.25) is 14.9 Å². The summed E-state index contributed by atoms with van der Waals surface area (Å²) in [4.78, 5) is 31.7. The molecule has 2 aromatic carbocycles. The highest BCUT2D eigenvalue weighted by Crippen LogP contribution is 2.42. The van der Waals surface area contributed by atoms with Crippen molar-refractivity contribution in [1.82, 2.24) is 20.1 Å². The van der Waals surface area contributed by atoms with Crippen LogP contribution < -0.4 is 10.1 Å². The summed E-state index contributed by atoms with van der Waals surface area (Å²) in [7, 11) is 3.30. The second kappa shape index (κ2) is 7.15. The number of hydrogen-bond acceptors (Lipinski definition) is 5. The van der Waals surface area contributed by atoms with Crippen LogP contribution in [0.3, 0.4) is 0 Å². The molecule has 0 spiro atoms. The Morgan fingerprint density at radius 2 is 1.93 bits per heavy atom. The largest absolute Gasteiger partial charge is 0.497 e. The van der Waals surface area contributed by atoms with Crippen LogP contribution in [0.15, 0.2) is 54.9 Å². The number of H-pyrrole nitrogens is 1. The van der Waals surface area contributed by atoms with Crippen LogP contribution in [0.25, 0.3) is 0 Å². The lowest BCUT2D eigenvalue weighted by atomic mass is 9.79. The third-order valence-corrected chi connectivity index (χ3v) is 4.98. The maximum absolute atomic E-state index is 13.2. The number of amides is 2. The van der Waals surface area contributed by atoms with Gasteiger partial charge in [0.2, 0.25) is 11.9 Å². The van der Waals surface area contributed by atoms with Crippen molar-refractivity contribution in [2.75, 3.05) is 19.5 Å². The molecule has 2 heterocycles. The number of benzene rings is 2. The number of methoxy groups -OCH3 is 1. The number of ether oxygens (including phenoxy) is 1. The molecule has 8 heteroatoms. The number of nitrogens with zero attached hydrogens (tertiary/aromatic N) is 3. The molecule has 0 bridgehead atoms. The summed E-state index contributed by atoms with van der Waals surface area (Å²) in [6.07, 6.45) is 1.32. The zero-order chi connectivity index (χ0) is 19.7. The molecule has 4 rings (SSSR count). The quantitative estimate of drug-likeness (QED) is 0.727. The standard InChI is InChI=1S/C20H19N5O3/c1-25-17(12-7-9-13(28-2)10-8-12)16(18(26)23-20-21-11-22-24-20)14-5-3-4-6-15(14)19(25)27/h3-11,16-17H,1-2H3,(H2,21,22,23,24,26)/t16-,17+/m1/s1. The predicted octanol–water partition coefficient (Wildman–Crippen LogP) is 2.36. The average molecular weight is 377 g/mol. The van der Waals surface area contributed by atoms with E-state index in [4.69, 9.17) is 4.74 Å². The van der Waals surface area contributed by atoms with Gasteiger partial charge in [0.05, 0.1) is 19.1 Å². The fraction of sp³-hybridized carbons (Fsp3) is 0.200. The van der Waals surface area contributed by atoms with Gasteiger partial charge in [0.1, 0.15) is 12.1 Å². The smallest absolute Gasteiger partial charge is 0.254 e. The van der Waals surface area contributed by atoms with Crippen molar-refractivity contribution in [2.45, 2.75) is 12.0 Å². The Kier molecular flexibility index (Phi) is 4.52. The third kappa shape index (κ3) is 2.98. The molecule has 1 aliphatic heterocycles. The van der Waals surface area contributed by atoms with Crippen LogP contribution >= 0.6 is 0 Å². The number of carbonyl (C=O) groups excluding carboxylic acids is 2. The first kappa shape index (κ1) is 17.7. The summed E-state index contributed by atoms with van der Waals surface area (Å²) < 4.78 is 5.23. The molecule has 0 fully saturated rings. The number of aromatic nitrogens is 3. The van der Waals surface area contributed by atoms with Crippen molar-refractivity contribution in [3.05, 3.63) is 71.5 Å². The molecular weight excluding hydrogens is 358 g/mol. The highest BCUT2D eigenvalue weighted by molar-refractivity contribution is 6.03. The Bertz CT molecular complexity index is 1000. The lowest BCUT2D eigenvalue weighted by Crippen LogP contribution is -2.44. The summed E-state index contributed by atoms with van der Waals surface area (Å²) in [6, 6.07) is 14.1. The second-order valence-corrected chi connectivity index (χ2v) is 6.52. The van der Waals surface area contributed by atoms with Gasteiger partial charge in [-0.25, -0.2) is 5.10 Å². The molecule has 1 aliphatic rings. The molecule has 8 nitrogen and oxygen atoms in total. The molecule has 0 aliphatic carbocycles. The van der Waals surface area contributed by atoms with E-state index in [0.717, 1.165) is 5.56 Å². The van der Waals surface area contributed by atoms with Gasteiger partial charge in [0.15, 0.2) is 0 Å². The molecular formula is C20H19N5O3. The van der Waals surface area contributed by atoms with E-state index in [2.05, 4.69) is 20.5 Å². The van der Waals surface area contributed by atoms with Gasteiger partial charge in [-0.05, 0) is 29.3 Å². The van der Waals surface area contributed by atoms with Crippen LogP contribution in [-0.4, -0.2) is 46.1 Å². The van der Waals surface area contributed by atoms with E-state index in [-0.39, 0.29) is 17.8 Å². The van der Waals surface area contributed by atoms with E-state index in [1.807, 2.05) is 36.4 Å². The van der Waals surface area contributed by atoms with E-state index in [9.17, 15) is 9.59 Å². The summed E-state index contributed by atoms with van der Waals surface area (Å²) in [5, 5.41) is 9.15. The summed E-state index contributed by atoms with van der Waals surface area (Å²) in [5.74, 6) is -0.0472. The number of hydrogen-bond donors (Lipinski definition) is 2. The van der Waals surface area contributed by atoms with Crippen molar-refractivity contribution in [2.24, 2.45) is 0 Å². The Morgan fingerprint density at radius 1 is 1.18 bits per heavy atom. The topological polar surface area (TPSA) is 100 Å². The van der Waals surface area contributed by atoms with Crippen molar-refractivity contribution in [3.63, 3.8) is 0 Å². The van der Waals surface area contributed by atoms with E-state index < -0.39 is 12.0 Å². The predicted molar refractivity (Wildman–Crippen MR) is 102 cm³/mol. The van der Waals surface area contributed by atoms with Crippen molar-refractivity contribution >= 4 is 17.8 Å². The number of anilines is 1. The minimum Gasteiger partial charge on any atom is -0.497 e. The van der Waals surface area contributed by atoms with Crippen molar-refractivity contribution in [1.29, 1.82) is 0 Å². The summed E-state index contributed by atoms with van der Waals surface area (Å²) in [6.45, 7) is 0. The summed E-state index contributed by atoms with van der Waals surface area (Å²) >= 11 is 0. The van der Waals surface area contributed by atoms with E-state index in [0.29, 0.717) is 16.9 Å². The maximum Gasteiger partial charge on any atom is 0.254 e. The highest BCUT2D eigenvalue weighted by atomic mass is 16.5. The monoisotopic (exact) mass is 377 g/mol. The van der Waals surface area contributed by atoms with Gasteiger partial charge in [0.25, 0.3) is 5.91 Å². The van der Waals surface area contributed by atoms with Gasteiger partial charge >= 0.3 is 0 Å². The first-order valence-corrected chi connectivity index (χ1v) is 8.76.